The summed E-state index contributed by atoms with van der Waals surface area (Å²) in [7, 11) is 1.56. The average Bonchev–Trinajstić information content (AvgIpc) is 2.87. The maximum atomic E-state index is 11.8. The van der Waals surface area contributed by atoms with Crippen LogP contribution in [-0.2, 0) is 9.59 Å². The summed E-state index contributed by atoms with van der Waals surface area (Å²) in [6, 6.07) is -0.349. The summed E-state index contributed by atoms with van der Waals surface area (Å²) in [4.78, 5) is 36.8. The Morgan fingerprint density at radius 2 is 1.89 bits per heavy atom. The number of carboxylic acid groups (broad SMARTS) is 1. The number of urea groups is 1. The van der Waals surface area contributed by atoms with Crippen LogP contribution in [0.2, 0.25) is 0 Å². The van der Waals surface area contributed by atoms with Gasteiger partial charge in [-0.3, -0.25) is 9.59 Å². The van der Waals surface area contributed by atoms with Crippen molar-refractivity contribution in [1.82, 2.24) is 15.1 Å². The molecule has 1 aliphatic rings. The van der Waals surface area contributed by atoms with Crippen molar-refractivity contribution >= 4 is 17.9 Å². The minimum absolute atomic E-state index is 0.0245. The molecule has 1 heterocycles. The van der Waals surface area contributed by atoms with Crippen molar-refractivity contribution in [1.29, 1.82) is 0 Å². The number of nitrogens with zero attached hydrogens (tertiary/aromatic N) is 2. The first-order chi connectivity index (χ1) is 9.00. The number of amides is 3. The summed E-state index contributed by atoms with van der Waals surface area (Å²) in [5, 5.41) is 11.0. The Morgan fingerprint density at radius 3 is 2.47 bits per heavy atom. The molecule has 0 saturated carbocycles. The topological polar surface area (TPSA) is 90.0 Å². The van der Waals surface area contributed by atoms with E-state index in [-0.39, 0.29) is 24.9 Å². The number of hydrogen-bond acceptors (Lipinski definition) is 3. The summed E-state index contributed by atoms with van der Waals surface area (Å²) in [5.41, 5.74) is 0. The third-order valence-electron chi connectivity index (χ3n) is 3.02. The summed E-state index contributed by atoms with van der Waals surface area (Å²) < 4.78 is 0. The predicted octanol–water partition coefficient (Wildman–Crippen LogP) is 0.115. The van der Waals surface area contributed by atoms with Crippen LogP contribution in [0.4, 0.5) is 4.79 Å². The first-order valence-corrected chi connectivity index (χ1v) is 6.49. The van der Waals surface area contributed by atoms with Gasteiger partial charge >= 0.3 is 12.0 Å². The van der Waals surface area contributed by atoms with E-state index in [1.165, 1.54) is 4.90 Å². The lowest BCUT2D eigenvalue weighted by Gasteiger charge is -2.21. The fraction of sp³-hybridized carbons (Fsp3) is 0.750. The van der Waals surface area contributed by atoms with Crippen LogP contribution in [0.3, 0.4) is 0 Å². The summed E-state index contributed by atoms with van der Waals surface area (Å²) in [6.07, 6.45) is 2.46. The van der Waals surface area contributed by atoms with Gasteiger partial charge in [-0.1, -0.05) is 0 Å². The quantitative estimate of drug-likeness (QED) is 0.671. The summed E-state index contributed by atoms with van der Waals surface area (Å²) in [6.45, 7) is 1.90. The molecule has 1 rings (SSSR count). The molecule has 0 radical (unpaired) electrons. The maximum absolute atomic E-state index is 11.8. The van der Waals surface area contributed by atoms with E-state index in [2.05, 4.69) is 5.32 Å². The van der Waals surface area contributed by atoms with Crippen LogP contribution in [0.5, 0.6) is 0 Å². The molecule has 0 unspecified atom stereocenters. The fourth-order valence-corrected chi connectivity index (χ4v) is 1.91. The van der Waals surface area contributed by atoms with Gasteiger partial charge in [0.15, 0.2) is 0 Å². The predicted molar refractivity (Wildman–Crippen MR) is 68.7 cm³/mol. The average molecular weight is 271 g/mol. The molecule has 0 atom stereocenters. The SMILES string of the molecule is CN(CC(=O)N1CCCC1)C(=O)NCCCC(=O)O. The van der Waals surface area contributed by atoms with E-state index < -0.39 is 5.97 Å². The van der Waals surface area contributed by atoms with Gasteiger partial charge in [0.2, 0.25) is 5.91 Å². The second-order valence-electron chi connectivity index (χ2n) is 4.67. The molecule has 7 heteroatoms. The molecule has 0 aromatic rings. The van der Waals surface area contributed by atoms with Gasteiger partial charge in [-0.2, -0.15) is 0 Å². The molecule has 1 fully saturated rings. The van der Waals surface area contributed by atoms with Crippen LogP contribution in [0, 0.1) is 0 Å². The number of likely N-dealkylation sites (tertiary alicyclic amines) is 1. The molecule has 1 saturated heterocycles. The van der Waals surface area contributed by atoms with Gasteiger partial charge in [-0.15, -0.1) is 0 Å². The smallest absolute Gasteiger partial charge is 0.317 e. The minimum Gasteiger partial charge on any atom is -0.481 e. The third-order valence-corrected chi connectivity index (χ3v) is 3.02. The normalized spacial score (nSPS) is 14.3. The number of aliphatic carboxylic acids is 1. The highest BCUT2D eigenvalue weighted by Crippen LogP contribution is 2.07. The number of carbonyl (C=O) groups excluding carboxylic acids is 2. The van der Waals surface area contributed by atoms with Crippen LogP contribution in [0.1, 0.15) is 25.7 Å². The number of likely N-dealkylation sites (N-methyl/N-ethyl adjacent to an activating group) is 1. The van der Waals surface area contributed by atoms with Crippen molar-refractivity contribution in [3.05, 3.63) is 0 Å². The van der Waals surface area contributed by atoms with E-state index in [1.807, 2.05) is 0 Å². The Balaban J connectivity index is 2.20. The van der Waals surface area contributed by atoms with E-state index in [9.17, 15) is 14.4 Å². The van der Waals surface area contributed by atoms with E-state index >= 15 is 0 Å². The highest BCUT2D eigenvalue weighted by molar-refractivity contribution is 5.84. The van der Waals surface area contributed by atoms with Crippen LogP contribution in [0.15, 0.2) is 0 Å². The van der Waals surface area contributed by atoms with E-state index in [0.29, 0.717) is 13.0 Å². The van der Waals surface area contributed by atoms with Gasteiger partial charge in [-0.25, -0.2) is 4.79 Å². The highest BCUT2D eigenvalue weighted by atomic mass is 16.4. The van der Waals surface area contributed by atoms with Gasteiger partial charge in [-0.05, 0) is 19.3 Å². The van der Waals surface area contributed by atoms with Crippen LogP contribution >= 0.6 is 0 Å². The van der Waals surface area contributed by atoms with Gasteiger partial charge < -0.3 is 20.2 Å². The van der Waals surface area contributed by atoms with Gasteiger partial charge in [0.25, 0.3) is 0 Å². The lowest BCUT2D eigenvalue weighted by molar-refractivity contribution is -0.137. The van der Waals surface area contributed by atoms with Gasteiger partial charge in [0.05, 0.1) is 0 Å². The van der Waals surface area contributed by atoms with E-state index in [4.69, 9.17) is 5.11 Å². The number of rotatable bonds is 6. The molecule has 0 aromatic carbocycles. The van der Waals surface area contributed by atoms with Crippen LogP contribution in [-0.4, -0.2) is 66.0 Å². The first-order valence-electron chi connectivity index (χ1n) is 6.49. The number of carbonyl (C=O) groups is 3. The molecule has 0 aromatic heterocycles. The molecule has 0 bridgehead atoms. The van der Waals surface area contributed by atoms with E-state index in [0.717, 1.165) is 25.9 Å². The van der Waals surface area contributed by atoms with Crippen LogP contribution < -0.4 is 5.32 Å². The fourth-order valence-electron chi connectivity index (χ4n) is 1.91. The summed E-state index contributed by atoms with van der Waals surface area (Å²) >= 11 is 0. The minimum atomic E-state index is -0.883. The largest absolute Gasteiger partial charge is 0.481 e. The summed E-state index contributed by atoms with van der Waals surface area (Å²) in [5.74, 6) is -0.924. The number of hydrogen-bond donors (Lipinski definition) is 2. The monoisotopic (exact) mass is 271 g/mol. The van der Waals surface area contributed by atoms with Crippen LogP contribution in [0.25, 0.3) is 0 Å². The van der Waals surface area contributed by atoms with Crippen molar-refractivity contribution in [2.45, 2.75) is 25.7 Å². The molecule has 0 aliphatic carbocycles. The lowest BCUT2D eigenvalue weighted by Crippen LogP contribution is -2.44. The Kier molecular flexibility index (Phi) is 6.11. The zero-order valence-corrected chi connectivity index (χ0v) is 11.2. The second-order valence-corrected chi connectivity index (χ2v) is 4.67. The van der Waals surface area contributed by atoms with Gasteiger partial charge in [0.1, 0.15) is 6.54 Å². The molecule has 2 N–H and O–H groups in total. The molecule has 7 nitrogen and oxygen atoms in total. The molecular formula is C12H21N3O4. The standard InChI is InChI=1S/C12H21N3O4/c1-14(9-10(16)15-7-2-3-8-15)12(19)13-6-4-5-11(17)18/h2-9H2,1H3,(H,13,19)(H,17,18). The zero-order valence-electron chi connectivity index (χ0n) is 11.2. The Labute approximate surface area is 112 Å². The maximum Gasteiger partial charge on any atom is 0.317 e. The lowest BCUT2D eigenvalue weighted by atomic mass is 10.3. The molecular weight excluding hydrogens is 250 g/mol. The van der Waals surface area contributed by atoms with E-state index in [1.54, 1.807) is 11.9 Å². The Morgan fingerprint density at radius 1 is 1.26 bits per heavy atom. The second kappa shape index (κ2) is 7.60. The molecule has 19 heavy (non-hydrogen) atoms. The third kappa shape index (κ3) is 5.58. The first kappa shape index (κ1) is 15.3. The highest BCUT2D eigenvalue weighted by Gasteiger charge is 2.20. The zero-order chi connectivity index (χ0) is 14.3. The van der Waals surface area contributed by atoms with Crippen molar-refractivity contribution in [3.8, 4) is 0 Å². The Hall–Kier alpha value is -1.79. The van der Waals surface area contributed by atoms with Crippen molar-refractivity contribution in [2.24, 2.45) is 0 Å². The number of carboxylic acids is 1. The van der Waals surface area contributed by atoms with Gasteiger partial charge in [0, 0.05) is 33.1 Å². The molecule has 0 spiro atoms. The molecule has 108 valence electrons. The number of nitrogens with one attached hydrogen (secondary N) is 1. The molecule has 1 aliphatic heterocycles. The van der Waals surface area contributed by atoms with Crippen molar-refractivity contribution < 1.29 is 19.5 Å². The molecule has 3 amide bonds. The van der Waals surface area contributed by atoms with Crippen molar-refractivity contribution in [2.75, 3.05) is 33.2 Å². The Bertz CT molecular complexity index is 340. The van der Waals surface area contributed by atoms with Crippen molar-refractivity contribution in [3.63, 3.8) is 0 Å².